The van der Waals surface area contributed by atoms with Crippen LogP contribution < -0.4 is 103 Å². The van der Waals surface area contributed by atoms with Gasteiger partial charge in [-0.15, -0.1) is 0 Å². The van der Waals surface area contributed by atoms with Crippen molar-refractivity contribution in [3.8, 4) is 0 Å². The number of hydrogen-bond acceptors (Lipinski definition) is 4. The minimum absolute atomic E-state index is 0. The molecular weight excluding hydrogens is 238 g/mol. The first-order chi connectivity index (χ1) is 0. The minimum atomic E-state index is 0. The Kier molecular flexibility index (Phi) is 539. The summed E-state index contributed by atoms with van der Waals surface area (Å²) < 4.78 is 0. The normalized spacial score (nSPS) is 0. The van der Waals surface area contributed by atoms with Crippen LogP contribution in [0.25, 0.3) is 0 Å². The van der Waals surface area contributed by atoms with Crippen molar-refractivity contribution in [2.75, 3.05) is 0 Å². The van der Waals surface area contributed by atoms with Crippen molar-refractivity contribution in [1.82, 2.24) is 0 Å². The summed E-state index contributed by atoms with van der Waals surface area (Å²) in [6.45, 7) is 0. The molecule has 0 unspecified atom stereocenters. The van der Waals surface area contributed by atoms with Crippen LogP contribution in [0.2, 0.25) is 0 Å². The van der Waals surface area contributed by atoms with Gasteiger partial charge in [-0.2, -0.15) is 0 Å². The molecule has 0 saturated heterocycles. The first kappa shape index (κ1) is 71.8. The van der Waals surface area contributed by atoms with Crippen molar-refractivity contribution >= 4 is 0 Å². The molecule has 0 atom stereocenters. The Morgan fingerprint density at radius 2 is 0.429 bits per heavy atom. The minimum Gasteiger partial charge on any atom is -0.870 e. The third kappa shape index (κ3) is 41.3. The molecule has 7 heteroatoms. The van der Waals surface area contributed by atoms with Gasteiger partial charge in [-0.05, 0) is 0 Å². The van der Waals surface area contributed by atoms with Crippen LogP contribution in [-0.4, -0.2) is 21.9 Å². The van der Waals surface area contributed by atoms with Crippen LogP contribution in [0.4, 0.5) is 0 Å². The summed E-state index contributed by atoms with van der Waals surface area (Å²) in [5, 5.41) is 0. The predicted molar refractivity (Wildman–Crippen MR) is 7.74 cm³/mol. The van der Waals surface area contributed by atoms with Crippen LogP contribution in [0.3, 0.4) is 0 Å². The average molecular weight is 242 g/mol. The second-order valence-corrected chi connectivity index (χ2v) is 0. The summed E-state index contributed by atoms with van der Waals surface area (Å²) in [5.74, 6) is 0. The molecule has 0 spiro atoms. The molecule has 0 radical (unpaired) electrons. The van der Waals surface area contributed by atoms with E-state index in [4.69, 9.17) is 0 Å². The molecule has 7 heavy (non-hydrogen) atoms. The van der Waals surface area contributed by atoms with Gasteiger partial charge in [-0.25, -0.2) is 0 Å². The van der Waals surface area contributed by atoms with E-state index in [0.717, 1.165) is 0 Å². The summed E-state index contributed by atoms with van der Waals surface area (Å²) in [4.78, 5) is 0. The Hall–Kier alpha value is 3.80. The van der Waals surface area contributed by atoms with Gasteiger partial charge in [0.2, 0.25) is 0 Å². The van der Waals surface area contributed by atoms with Crippen LogP contribution in [0.1, 0.15) is 0 Å². The fraction of sp³-hybridized carbons (Fsp3) is 0. The van der Waals surface area contributed by atoms with Crippen molar-refractivity contribution in [3.63, 3.8) is 0 Å². The second kappa shape index (κ2) is 52.5. The molecule has 0 aliphatic rings. The maximum atomic E-state index is 0. The van der Waals surface area contributed by atoms with Crippen LogP contribution in [0, 0.1) is 0 Å². The Morgan fingerprint density at radius 3 is 0.429 bits per heavy atom. The van der Waals surface area contributed by atoms with E-state index >= 15 is 0 Å². The van der Waals surface area contributed by atoms with E-state index in [1.165, 1.54) is 0 Å². The summed E-state index contributed by atoms with van der Waals surface area (Å²) in [6, 6.07) is 0. The zero-order chi connectivity index (χ0) is 0. The van der Waals surface area contributed by atoms with Crippen molar-refractivity contribution in [2.45, 2.75) is 0 Å². The van der Waals surface area contributed by atoms with Gasteiger partial charge in [0.25, 0.3) is 0 Å². The van der Waals surface area contributed by atoms with Gasteiger partial charge >= 0.3 is 124 Å². The molecule has 0 fully saturated rings. The van der Waals surface area contributed by atoms with Crippen molar-refractivity contribution < 1.29 is 146 Å². The Labute approximate surface area is 142 Å². The van der Waals surface area contributed by atoms with E-state index in [1.807, 2.05) is 0 Å². The van der Waals surface area contributed by atoms with Crippen molar-refractivity contribution in [3.05, 3.63) is 0 Å². The van der Waals surface area contributed by atoms with Gasteiger partial charge in [0, 0.05) is 0 Å². The van der Waals surface area contributed by atoms with E-state index in [0.29, 0.717) is 0 Å². The molecule has 0 amide bonds. The maximum absolute atomic E-state index is 0. The predicted octanol–water partition coefficient (Wildman–Crippen LogP) is -6.70. The molecule has 0 aromatic rings. The second-order valence-electron chi connectivity index (χ2n) is 0. The van der Waals surface area contributed by atoms with Crippen LogP contribution >= 0.6 is 0 Å². The van der Waals surface area contributed by atoms with E-state index in [2.05, 4.69) is 0 Å². The number of rotatable bonds is 0. The average Bonchev–Trinajstić information content (AvgIpc) is 0. The van der Waals surface area contributed by atoms with Crippen LogP contribution in [0.15, 0.2) is 0 Å². The fourth-order valence-corrected chi connectivity index (χ4v) is 0. The quantitative estimate of drug-likeness (QED) is 0.392. The van der Waals surface area contributed by atoms with Crippen molar-refractivity contribution in [1.29, 1.82) is 0 Å². The molecule has 0 rings (SSSR count). The zero-order valence-corrected chi connectivity index (χ0v) is 12.5. The van der Waals surface area contributed by atoms with E-state index in [1.54, 1.807) is 0 Å². The van der Waals surface area contributed by atoms with Crippen LogP contribution in [0.5, 0.6) is 0 Å². The number of hydrogen-bond donors (Lipinski definition) is 0. The molecule has 4 N–H and O–H groups in total. The molecule has 0 aliphatic carbocycles. The molecule has 0 heterocycles. The third-order valence-corrected chi connectivity index (χ3v) is 0. The van der Waals surface area contributed by atoms with E-state index in [9.17, 15) is 0 Å². The third-order valence-electron chi connectivity index (χ3n) is 0. The Bertz CT molecular complexity index is 9.65. The molecule has 36 valence electrons. The Balaban J connectivity index is 0. The molecule has 0 aliphatic heterocycles. The van der Waals surface area contributed by atoms with E-state index < -0.39 is 0 Å². The van der Waals surface area contributed by atoms with Crippen molar-refractivity contribution in [2.24, 2.45) is 0 Å². The van der Waals surface area contributed by atoms with Gasteiger partial charge in [-0.1, -0.05) is 0 Å². The summed E-state index contributed by atoms with van der Waals surface area (Å²) in [6.07, 6.45) is 0. The summed E-state index contributed by atoms with van der Waals surface area (Å²) in [7, 11) is 0. The Morgan fingerprint density at radius 1 is 0.429 bits per heavy atom. The molecule has 0 aromatic heterocycles. The zero-order valence-electron chi connectivity index (χ0n) is 4.20. The molecule has 0 saturated carbocycles. The van der Waals surface area contributed by atoms with Crippen LogP contribution in [-0.2, 0) is 21.1 Å². The largest absolute Gasteiger partial charge is 2.00 e. The van der Waals surface area contributed by atoms with Gasteiger partial charge in [0.15, 0.2) is 0 Å². The standard InChI is InChI=1S/2K.Mo.4H2O/h;;;4*1H2/q2*+1;+2;;;;/p-4. The molecular formula is H4K2MoO4. The smallest absolute Gasteiger partial charge is 0.870 e. The topological polar surface area (TPSA) is 120 Å². The van der Waals surface area contributed by atoms with Gasteiger partial charge in [-0.3, -0.25) is 0 Å². The van der Waals surface area contributed by atoms with E-state index in [-0.39, 0.29) is 146 Å². The fourth-order valence-electron chi connectivity index (χ4n) is 0. The molecule has 0 aromatic carbocycles. The SMILES string of the molecule is [K+].[K+].[Mo+2].[OH-].[OH-].[OH-].[OH-]. The first-order valence-electron chi connectivity index (χ1n) is 0. The monoisotopic (exact) mass is 244 g/mol. The van der Waals surface area contributed by atoms with Gasteiger partial charge in [0.05, 0.1) is 0 Å². The molecule has 0 bridgehead atoms. The summed E-state index contributed by atoms with van der Waals surface area (Å²) >= 11 is 0. The first-order valence-corrected chi connectivity index (χ1v) is 0. The maximum Gasteiger partial charge on any atom is 2.00 e. The molecule has 4 nitrogen and oxygen atoms in total. The van der Waals surface area contributed by atoms with Gasteiger partial charge < -0.3 is 21.9 Å². The van der Waals surface area contributed by atoms with Gasteiger partial charge in [0.1, 0.15) is 0 Å². The summed E-state index contributed by atoms with van der Waals surface area (Å²) in [5.41, 5.74) is 0.